The molecular formula is C19H18N4O2S2. The van der Waals surface area contributed by atoms with Gasteiger partial charge in [0.2, 0.25) is 5.01 Å². The third kappa shape index (κ3) is 5.15. The van der Waals surface area contributed by atoms with Crippen LogP contribution in [0.25, 0.3) is 0 Å². The van der Waals surface area contributed by atoms with E-state index in [1.165, 1.54) is 16.2 Å². The van der Waals surface area contributed by atoms with Crippen molar-refractivity contribution in [1.82, 2.24) is 15.5 Å². The Bertz CT molecular complexity index is 954. The van der Waals surface area contributed by atoms with Crippen molar-refractivity contribution >= 4 is 40.6 Å². The first kappa shape index (κ1) is 19.1. The van der Waals surface area contributed by atoms with E-state index in [1.807, 2.05) is 30.5 Å². The van der Waals surface area contributed by atoms with Gasteiger partial charge in [0.1, 0.15) is 5.01 Å². The summed E-state index contributed by atoms with van der Waals surface area (Å²) in [5, 5.41) is 14.3. The standard InChI is InChI=1S/C19H18N4O2S2/c1-12-22-23-19(27-12)18(25)21-15-5-3-4-14(10-15)17(24)20-11-13-6-8-16(26-2)9-7-13/h3-10H,11H2,1-2H3,(H,20,24)(H,21,25). The Kier molecular flexibility index (Phi) is 6.20. The lowest BCUT2D eigenvalue weighted by Gasteiger charge is -2.08. The van der Waals surface area contributed by atoms with E-state index >= 15 is 0 Å². The monoisotopic (exact) mass is 398 g/mol. The highest BCUT2D eigenvalue weighted by molar-refractivity contribution is 7.98. The molecule has 0 aliphatic carbocycles. The van der Waals surface area contributed by atoms with Gasteiger partial charge in [-0.25, -0.2) is 0 Å². The van der Waals surface area contributed by atoms with Crippen molar-refractivity contribution in [2.24, 2.45) is 0 Å². The lowest BCUT2D eigenvalue weighted by molar-refractivity contribution is 0.0949. The molecule has 27 heavy (non-hydrogen) atoms. The molecule has 138 valence electrons. The van der Waals surface area contributed by atoms with Gasteiger partial charge in [-0.1, -0.05) is 29.5 Å². The van der Waals surface area contributed by atoms with Crippen LogP contribution in [0, 0.1) is 6.92 Å². The zero-order valence-corrected chi connectivity index (χ0v) is 16.5. The van der Waals surface area contributed by atoms with Crippen molar-refractivity contribution in [3.05, 3.63) is 69.7 Å². The second kappa shape index (κ2) is 8.79. The first-order valence-electron chi connectivity index (χ1n) is 8.18. The normalized spacial score (nSPS) is 10.4. The van der Waals surface area contributed by atoms with Crippen LogP contribution < -0.4 is 10.6 Å². The molecule has 3 aromatic rings. The van der Waals surface area contributed by atoms with Gasteiger partial charge >= 0.3 is 0 Å². The number of amides is 2. The summed E-state index contributed by atoms with van der Waals surface area (Å²) in [7, 11) is 0. The van der Waals surface area contributed by atoms with Gasteiger partial charge in [0.05, 0.1) is 0 Å². The van der Waals surface area contributed by atoms with Gasteiger partial charge < -0.3 is 10.6 Å². The van der Waals surface area contributed by atoms with Crippen LogP contribution in [-0.2, 0) is 6.54 Å². The molecule has 0 unspecified atom stereocenters. The van der Waals surface area contributed by atoms with Gasteiger partial charge in [-0.3, -0.25) is 9.59 Å². The third-order valence-corrected chi connectivity index (χ3v) is 5.30. The third-order valence-electron chi connectivity index (χ3n) is 3.72. The van der Waals surface area contributed by atoms with Crippen molar-refractivity contribution in [1.29, 1.82) is 0 Å². The number of nitrogens with one attached hydrogen (secondary N) is 2. The summed E-state index contributed by atoms with van der Waals surface area (Å²) in [5.74, 6) is -0.543. The van der Waals surface area contributed by atoms with Crippen LogP contribution in [0.15, 0.2) is 53.4 Å². The fraction of sp³-hybridized carbons (Fsp3) is 0.158. The molecule has 8 heteroatoms. The fourth-order valence-electron chi connectivity index (χ4n) is 2.34. The van der Waals surface area contributed by atoms with E-state index in [0.717, 1.165) is 10.6 Å². The minimum absolute atomic E-state index is 0.202. The van der Waals surface area contributed by atoms with Crippen molar-refractivity contribution in [3.63, 3.8) is 0 Å². The molecule has 0 saturated carbocycles. The van der Waals surface area contributed by atoms with Gasteiger partial charge in [-0.15, -0.1) is 22.0 Å². The lowest BCUT2D eigenvalue weighted by atomic mass is 10.1. The molecule has 0 aliphatic rings. The Labute approximate surface area is 165 Å². The maximum absolute atomic E-state index is 12.4. The number of hydrogen-bond acceptors (Lipinski definition) is 6. The highest BCUT2D eigenvalue weighted by atomic mass is 32.2. The summed E-state index contributed by atoms with van der Waals surface area (Å²) in [5.41, 5.74) is 2.03. The molecule has 0 spiro atoms. The Morgan fingerprint density at radius 3 is 2.52 bits per heavy atom. The van der Waals surface area contributed by atoms with E-state index in [4.69, 9.17) is 0 Å². The maximum atomic E-state index is 12.4. The van der Waals surface area contributed by atoms with Crippen molar-refractivity contribution in [3.8, 4) is 0 Å². The van der Waals surface area contributed by atoms with E-state index in [1.54, 1.807) is 43.0 Å². The average Bonchev–Trinajstić information content (AvgIpc) is 3.13. The molecule has 1 heterocycles. The molecule has 2 amide bonds. The van der Waals surface area contributed by atoms with E-state index in [9.17, 15) is 9.59 Å². The summed E-state index contributed by atoms with van der Waals surface area (Å²) >= 11 is 2.89. The predicted molar refractivity (Wildman–Crippen MR) is 108 cm³/mol. The smallest absolute Gasteiger partial charge is 0.286 e. The Morgan fingerprint density at radius 1 is 1.07 bits per heavy atom. The molecule has 0 fully saturated rings. The number of rotatable bonds is 6. The number of hydrogen-bond donors (Lipinski definition) is 2. The number of aryl methyl sites for hydroxylation is 1. The van der Waals surface area contributed by atoms with E-state index in [-0.39, 0.29) is 16.8 Å². The number of nitrogens with zero attached hydrogens (tertiary/aromatic N) is 2. The van der Waals surface area contributed by atoms with Crippen molar-refractivity contribution in [2.75, 3.05) is 11.6 Å². The Balaban J connectivity index is 1.61. The quantitative estimate of drug-likeness (QED) is 0.618. The number of aromatic nitrogens is 2. The second-order valence-corrected chi connectivity index (χ2v) is 7.75. The predicted octanol–water partition coefficient (Wildman–Crippen LogP) is 3.75. The van der Waals surface area contributed by atoms with Crippen LogP contribution in [0.5, 0.6) is 0 Å². The molecule has 6 nitrogen and oxygen atoms in total. The summed E-state index contributed by atoms with van der Waals surface area (Å²) in [4.78, 5) is 25.8. The molecule has 0 saturated heterocycles. The van der Waals surface area contributed by atoms with Crippen molar-refractivity contribution in [2.45, 2.75) is 18.4 Å². The van der Waals surface area contributed by atoms with Crippen LogP contribution in [0.3, 0.4) is 0 Å². The van der Waals surface area contributed by atoms with Gasteiger partial charge in [-0.2, -0.15) is 0 Å². The fourth-order valence-corrected chi connectivity index (χ4v) is 3.33. The SMILES string of the molecule is CSc1ccc(CNC(=O)c2cccc(NC(=O)c3nnc(C)s3)c2)cc1. The largest absolute Gasteiger partial charge is 0.348 e. The molecule has 0 bridgehead atoms. The molecule has 2 aromatic carbocycles. The van der Waals surface area contributed by atoms with Crippen molar-refractivity contribution < 1.29 is 9.59 Å². The number of anilines is 1. The summed E-state index contributed by atoms with van der Waals surface area (Å²) in [6.07, 6.45) is 2.02. The minimum Gasteiger partial charge on any atom is -0.348 e. The highest BCUT2D eigenvalue weighted by Crippen LogP contribution is 2.16. The van der Waals surface area contributed by atoms with Gasteiger partial charge in [0.25, 0.3) is 11.8 Å². The van der Waals surface area contributed by atoms with Crippen LogP contribution in [0.2, 0.25) is 0 Å². The molecular weight excluding hydrogens is 380 g/mol. The van der Waals surface area contributed by atoms with E-state index < -0.39 is 0 Å². The zero-order chi connectivity index (χ0) is 19.2. The van der Waals surface area contributed by atoms with Gasteiger partial charge in [0.15, 0.2) is 0 Å². The topological polar surface area (TPSA) is 84.0 Å². The first-order valence-corrected chi connectivity index (χ1v) is 10.2. The zero-order valence-electron chi connectivity index (χ0n) is 14.9. The number of thioether (sulfide) groups is 1. The number of carbonyl (C=O) groups is 2. The molecule has 0 atom stereocenters. The highest BCUT2D eigenvalue weighted by Gasteiger charge is 2.13. The van der Waals surface area contributed by atoms with Crippen LogP contribution in [0.4, 0.5) is 5.69 Å². The molecule has 0 aliphatic heterocycles. The molecule has 0 radical (unpaired) electrons. The minimum atomic E-state index is -0.341. The summed E-state index contributed by atoms with van der Waals surface area (Å²) in [6, 6.07) is 14.8. The van der Waals surface area contributed by atoms with Gasteiger partial charge in [0, 0.05) is 22.7 Å². The maximum Gasteiger partial charge on any atom is 0.286 e. The Hall–Kier alpha value is -2.71. The molecule has 2 N–H and O–H groups in total. The number of carbonyl (C=O) groups excluding carboxylic acids is 2. The van der Waals surface area contributed by atoms with Crippen LogP contribution in [0.1, 0.15) is 30.7 Å². The van der Waals surface area contributed by atoms with Crippen LogP contribution in [-0.4, -0.2) is 28.3 Å². The summed E-state index contributed by atoms with van der Waals surface area (Å²) < 4.78 is 0. The second-order valence-electron chi connectivity index (χ2n) is 5.69. The number of benzene rings is 2. The molecule has 3 rings (SSSR count). The molecule has 1 aromatic heterocycles. The van der Waals surface area contributed by atoms with Crippen LogP contribution >= 0.6 is 23.1 Å². The average molecular weight is 399 g/mol. The lowest BCUT2D eigenvalue weighted by Crippen LogP contribution is -2.23. The van der Waals surface area contributed by atoms with Gasteiger partial charge in [-0.05, 0) is 49.1 Å². The van der Waals surface area contributed by atoms with E-state index in [2.05, 4.69) is 20.8 Å². The summed E-state index contributed by atoms with van der Waals surface area (Å²) in [6.45, 7) is 2.22. The first-order chi connectivity index (χ1) is 13.0. The Morgan fingerprint density at radius 2 is 1.85 bits per heavy atom. The van der Waals surface area contributed by atoms with E-state index in [0.29, 0.717) is 17.8 Å².